The number of hydrogen-bond acceptors (Lipinski definition) is 3. The van der Waals surface area contributed by atoms with Crippen molar-refractivity contribution in [2.24, 2.45) is 5.92 Å². The highest BCUT2D eigenvalue weighted by Crippen LogP contribution is 2.30. The predicted molar refractivity (Wildman–Crippen MR) is 93.0 cm³/mol. The van der Waals surface area contributed by atoms with Crippen LogP contribution in [0.4, 0.5) is 11.4 Å². The van der Waals surface area contributed by atoms with E-state index in [1.165, 1.54) is 6.07 Å². The molecule has 3 rings (SSSR count). The number of aryl methyl sites for hydroxylation is 1. The van der Waals surface area contributed by atoms with Gasteiger partial charge in [0.2, 0.25) is 11.8 Å². The van der Waals surface area contributed by atoms with Crippen molar-refractivity contribution in [2.45, 2.75) is 19.8 Å². The summed E-state index contributed by atoms with van der Waals surface area (Å²) in [5.74, 6) is -0.708. The van der Waals surface area contributed by atoms with Crippen LogP contribution in [0.3, 0.4) is 0 Å². The maximum Gasteiger partial charge on any atom is 0.229 e. The van der Waals surface area contributed by atoms with Crippen LogP contribution in [0.2, 0.25) is 0 Å². The molecule has 5 heteroatoms. The molecule has 2 aromatic carbocycles. The van der Waals surface area contributed by atoms with Gasteiger partial charge < -0.3 is 15.3 Å². The number of rotatable bonds is 4. The van der Waals surface area contributed by atoms with Crippen molar-refractivity contribution in [3.63, 3.8) is 0 Å². The highest BCUT2D eigenvalue weighted by molar-refractivity contribution is 6.04. The van der Waals surface area contributed by atoms with Gasteiger partial charge in [0.1, 0.15) is 5.75 Å². The Balaban J connectivity index is 1.75. The van der Waals surface area contributed by atoms with E-state index in [0.29, 0.717) is 12.2 Å². The number of anilines is 2. The van der Waals surface area contributed by atoms with E-state index in [1.807, 2.05) is 31.2 Å². The molecule has 1 atom stereocenters. The van der Waals surface area contributed by atoms with Gasteiger partial charge in [-0.25, -0.2) is 0 Å². The molecule has 2 amide bonds. The SMILES string of the molecule is CCc1ccccc1N1CC(C(=O)Nc2ccccc2O)CC1=O. The summed E-state index contributed by atoms with van der Waals surface area (Å²) in [4.78, 5) is 26.5. The molecular formula is C19H20N2O3. The Hall–Kier alpha value is -2.82. The van der Waals surface area contributed by atoms with Crippen LogP contribution < -0.4 is 10.2 Å². The number of nitrogens with one attached hydrogen (secondary N) is 1. The third-order valence-electron chi connectivity index (χ3n) is 4.32. The lowest BCUT2D eigenvalue weighted by molar-refractivity contribution is -0.122. The van der Waals surface area contributed by atoms with Crippen molar-refractivity contribution in [3.05, 3.63) is 54.1 Å². The standard InChI is InChI=1S/C19H20N2O3/c1-2-13-7-3-5-9-16(13)21-12-14(11-18(21)23)19(24)20-15-8-4-6-10-17(15)22/h3-10,14,22H,2,11-12H2,1H3,(H,20,24). The van der Waals surface area contributed by atoms with Crippen LogP contribution in [0.25, 0.3) is 0 Å². The third-order valence-corrected chi connectivity index (χ3v) is 4.32. The second-order valence-corrected chi connectivity index (χ2v) is 5.89. The first-order valence-electron chi connectivity index (χ1n) is 8.07. The Labute approximate surface area is 140 Å². The van der Waals surface area contributed by atoms with Crippen molar-refractivity contribution in [1.29, 1.82) is 0 Å². The van der Waals surface area contributed by atoms with Crippen molar-refractivity contribution in [1.82, 2.24) is 0 Å². The Morgan fingerprint density at radius 3 is 2.67 bits per heavy atom. The van der Waals surface area contributed by atoms with Gasteiger partial charge in [-0.05, 0) is 30.2 Å². The third kappa shape index (κ3) is 3.11. The first kappa shape index (κ1) is 16.1. The fraction of sp³-hybridized carbons (Fsp3) is 0.263. The molecule has 0 aliphatic carbocycles. The zero-order valence-electron chi connectivity index (χ0n) is 13.5. The van der Waals surface area contributed by atoms with Crippen molar-refractivity contribution < 1.29 is 14.7 Å². The summed E-state index contributed by atoms with van der Waals surface area (Å²) in [6.07, 6.45) is 1.01. The summed E-state index contributed by atoms with van der Waals surface area (Å²) in [6, 6.07) is 14.3. The number of para-hydroxylation sites is 3. The fourth-order valence-corrected chi connectivity index (χ4v) is 3.00. The predicted octanol–water partition coefficient (Wildman–Crippen LogP) is 2.95. The second-order valence-electron chi connectivity index (χ2n) is 5.89. The minimum absolute atomic E-state index is 0.0170. The molecule has 1 heterocycles. The summed E-state index contributed by atoms with van der Waals surface area (Å²) >= 11 is 0. The lowest BCUT2D eigenvalue weighted by atomic mass is 10.1. The van der Waals surface area contributed by atoms with Gasteiger partial charge in [-0.2, -0.15) is 0 Å². The van der Waals surface area contributed by atoms with Crippen LogP contribution in [-0.4, -0.2) is 23.5 Å². The number of phenols is 1. The van der Waals surface area contributed by atoms with Gasteiger partial charge in [0, 0.05) is 18.7 Å². The number of benzene rings is 2. The van der Waals surface area contributed by atoms with Crippen LogP contribution in [0.1, 0.15) is 18.9 Å². The summed E-state index contributed by atoms with van der Waals surface area (Å²) in [5.41, 5.74) is 2.33. The Bertz CT molecular complexity index is 773. The molecule has 1 aliphatic rings. The van der Waals surface area contributed by atoms with Crippen molar-refractivity contribution >= 4 is 23.2 Å². The molecule has 0 radical (unpaired) electrons. The fourth-order valence-electron chi connectivity index (χ4n) is 3.00. The molecule has 24 heavy (non-hydrogen) atoms. The molecule has 5 nitrogen and oxygen atoms in total. The Kier molecular flexibility index (Phi) is 4.51. The normalized spacial score (nSPS) is 17.1. The zero-order chi connectivity index (χ0) is 17.1. The largest absolute Gasteiger partial charge is 0.506 e. The molecule has 0 bridgehead atoms. The molecule has 1 aliphatic heterocycles. The van der Waals surface area contributed by atoms with Crippen molar-refractivity contribution in [3.8, 4) is 5.75 Å². The van der Waals surface area contributed by atoms with E-state index >= 15 is 0 Å². The monoisotopic (exact) mass is 324 g/mol. The Morgan fingerprint density at radius 2 is 1.92 bits per heavy atom. The first-order valence-corrected chi connectivity index (χ1v) is 8.07. The van der Waals surface area contributed by atoms with Gasteiger partial charge in [0.05, 0.1) is 11.6 Å². The van der Waals surface area contributed by atoms with Crippen LogP contribution in [-0.2, 0) is 16.0 Å². The lowest BCUT2D eigenvalue weighted by Crippen LogP contribution is -2.28. The number of amides is 2. The number of carbonyl (C=O) groups excluding carboxylic acids is 2. The number of aromatic hydroxyl groups is 1. The number of nitrogens with zero attached hydrogens (tertiary/aromatic N) is 1. The molecule has 0 spiro atoms. The maximum atomic E-state index is 12.4. The van der Waals surface area contributed by atoms with Crippen LogP contribution in [0, 0.1) is 5.92 Å². The minimum Gasteiger partial charge on any atom is -0.506 e. The highest BCUT2D eigenvalue weighted by Gasteiger charge is 2.35. The van der Waals surface area contributed by atoms with E-state index < -0.39 is 5.92 Å². The molecule has 0 saturated carbocycles. The average Bonchev–Trinajstić information content (AvgIpc) is 2.98. The number of hydrogen-bond donors (Lipinski definition) is 2. The molecule has 124 valence electrons. The van der Waals surface area contributed by atoms with Crippen molar-refractivity contribution in [2.75, 3.05) is 16.8 Å². The van der Waals surface area contributed by atoms with Crippen LogP contribution in [0.15, 0.2) is 48.5 Å². The average molecular weight is 324 g/mol. The first-order chi connectivity index (χ1) is 11.6. The summed E-state index contributed by atoms with van der Waals surface area (Å²) in [6.45, 7) is 2.40. The van der Waals surface area contributed by atoms with Gasteiger partial charge in [-0.3, -0.25) is 9.59 Å². The number of phenolic OH excluding ortho intramolecular Hbond substituents is 1. The molecule has 1 fully saturated rings. The second kappa shape index (κ2) is 6.74. The smallest absolute Gasteiger partial charge is 0.229 e. The topological polar surface area (TPSA) is 69.6 Å². The number of carbonyl (C=O) groups is 2. The molecular weight excluding hydrogens is 304 g/mol. The lowest BCUT2D eigenvalue weighted by Gasteiger charge is -2.20. The van der Waals surface area contributed by atoms with Gasteiger partial charge in [0.25, 0.3) is 0 Å². The molecule has 0 aromatic heterocycles. The summed E-state index contributed by atoms with van der Waals surface area (Å²) in [5, 5.41) is 12.5. The summed E-state index contributed by atoms with van der Waals surface area (Å²) < 4.78 is 0. The summed E-state index contributed by atoms with van der Waals surface area (Å²) in [7, 11) is 0. The van der Waals surface area contributed by atoms with Crippen LogP contribution in [0.5, 0.6) is 5.75 Å². The molecule has 2 N–H and O–H groups in total. The highest BCUT2D eigenvalue weighted by atomic mass is 16.3. The van der Waals surface area contributed by atoms with E-state index in [-0.39, 0.29) is 24.0 Å². The maximum absolute atomic E-state index is 12.4. The molecule has 1 unspecified atom stereocenters. The van der Waals surface area contributed by atoms with E-state index in [4.69, 9.17) is 0 Å². The molecule has 2 aromatic rings. The quantitative estimate of drug-likeness (QED) is 0.850. The van der Waals surface area contributed by atoms with E-state index in [9.17, 15) is 14.7 Å². The van der Waals surface area contributed by atoms with Gasteiger partial charge in [0.15, 0.2) is 0 Å². The van der Waals surface area contributed by atoms with Crippen LogP contribution >= 0.6 is 0 Å². The Morgan fingerprint density at radius 1 is 1.21 bits per heavy atom. The zero-order valence-corrected chi connectivity index (χ0v) is 13.5. The molecule has 1 saturated heterocycles. The van der Waals surface area contributed by atoms with E-state index in [1.54, 1.807) is 23.1 Å². The van der Waals surface area contributed by atoms with Gasteiger partial charge in [-0.1, -0.05) is 37.3 Å². The van der Waals surface area contributed by atoms with Gasteiger partial charge >= 0.3 is 0 Å². The minimum atomic E-state index is -0.429. The van der Waals surface area contributed by atoms with E-state index in [0.717, 1.165) is 17.7 Å². The van der Waals surface area contributed by atoms with Gasteiger partial charge in [-0.15, -0.1) is 0 Å². The van der Waals surface area contributed by atoms with E-state index in [2.05, 4.69) is 5.32 Å².